The number of amides is 1. The van der Waals surface area contributed by atoms with Gasteiger partial charge < -0.3 is 10.8 Å². The van der Waals surface area contributed by atoms with Crippen LogP contribution in [0.15, 0.2) is 0 Å². The molecule has 0 saturated carbocycles. The molecule has 0 radical (unpaired) electrons. The van der Waals surface area contributed by atoms with Crippen LogP contribution in [0, 0.1) is 0 Å². The molecule has 0 saturated heterocycles. The van der Waals surface area contributed by atoms with Crippen molar-refractivity contribution in [3.8, 4) is 0 Å². The molecule has 0 aromatic rings. The number of sulfone groups is 1. The first-order chi connectivity index (χ1) is 10.5. The third-order valence-electron chi connectivity index (χ3n) is 2.85. The second-order valence-corrected chi connectivity index (χ2v) is 9.22. The van der Waals surface area contributed by atoms with Gasteiger partial charge in [-0.1, -0.05) is 25.6 Å². The van der Waals surface area contributed by atoms with Crippen molar-refractivity contribution in [2.24, 2.45) is 0 Å². The number of carbonyl (C=O) groups excluding carboxylic acids is 3. The van der Waals surface area contributed by atoms with Gasteiger partial charge in [0.25, 0.3) is 0 Å². The zero-order chi connectivity index (χ0) is 18.2. The maximum Gasteiger partial charge on any atom is 0.323 e. The van der Waals surface area contributed by atoms with Gasteiger partial charge in [0.2, 0.25) is 16.8 Å². The Morgan fingerprint density at radius 2 is 1.83 bits per heavy atom. The normalized spacial score (nSPS) is 13.8. The quantitative estimate of drug-likeness (QED) is 0.354. The van der Waals surface area contributed by atoms with Gasteiger partial charge in [-0.05, 0) is 13.3 Å². The largest absolute Gasteiger partial charge is 0.361 e. The zero-order valence-electron chi connectivity index (χ0n) is 13.5. The second-order valence-electron chi connectivity index (χ2n) is 5.27. The zero-order valence-corrected chi connectivity index (χ0v) is 15.1. The minimum atomic E-state index is -3.59. The Balaban J connectivity index is 5.04. The fourth-order valence-corrected chi connectivity index (χ4v) is 2.73. The molecule has 0 rings (SSSR count). The molecule has 23 heavy (non-hydrogen) atoms. The lowest BCUT2D eigenvalue weighted by Crippen LogP contribution is -2.46. The van der Waals surface area contributed by atoms with E-state index >= 15 is 0 Å². The predicted molar refractivity (Wildman–Crippen MR) is 87.9 cm³/mol. The number of nitrogens with one attached hydrogen (secondary N) is 1. The summed E-state index contributed by atoms with van der Waals surface area (Å²) in [6.07, 6.45) is 1.51. The van der Waals surface area contributed by atoms with E-state index in [-0.39, 0.29) is 23.2 Å². The van der Waals surface area contributed by atoms with Crippen LogP contribution in [0.3, 0.4) is 0 Å². The molecule has 0 aliphatic heterocycles. The van der Waals surface area contributed by atoms with E-state index in [1.165, 1.54) is 6.92 Å². The topological polar surface area (TPSA) is 134 Å². The average molecular weight is 363 g/mol. The lowest BCUT2D eigenvalue weighted by atomic mass is 10.1. The van der Waals surface area contributed by atoms with E-state index < -0.39 is 32.8 Å². The highest BCUT2D eigenvalue weighted by atomic mass is 32.2. The highest BCUT2D eigenvalue weighted by molar-refractivity contribution is 8.14. The summed E-state index contributed by atoms with van der Waals surface area (Å²) < 4.78 is 22.8. The minimum Gasteiger partial charge on any atom is -0.361 e. The molecule has 0 aromatic heterocycles. The summed E-state index contributed by atoms with van der Waals surface area (Å²) in [5.41, 5.74) is 8.28. The van der Waals surface area contributed by atoms with Gasteiger partial charge in [-0.25, -0.2) is 8.42 Å². The van der Waals surface area contributed by atoms with Gasteiger partial charge in [-0.2, -0.15) is 4.79 Å². The summed E-state index contributed by atoms with van der Waals surface area (Å²) in [7, 11) is -3.59. The summed E-state index contributed by atoms with van der Waals surface area (Å²) in [5, 5.41) is 0.701. The van der Waals surface area contributed by atoms with Gasteiger partial charge in [0.05, 0.1) is 6.04 Å². The molecule has 0 heterocycles. The lowest BCUT2D eigenvalue weighted by molar-refractivity contribution is -0.124. The molecule has 0 fully saturated rings. The smallest absolute Gasteiger partial charge is 0.323 e. The van der Waals surface area contributed by atoms with Gasteiger partial charge >= 0.3 is 6.21 Å². The van der Waals surface area contributed by atoms with Crippen molar-refractivity contribution in [1.82, 2.24) is 5.32 Å². The first kappa shape index (κ1) is 21.5. The summed E-state index contributed by atoms with van der Waals surface area (Å²) in [6, 6.07) is -0.991. The molecule has 0 aromatic carbocycles. The van der Waals surface area contributed by atoms with Crippen molar-refractivity contribution in [3.63, 3.8) is 0 Å². The Morgan fingerprint density at radius 1 is 1.26 bits per heavy atom. The van der Waals surface area contributed by atoms with Gasteiger partial charge in [-0.3, -0.25) is 14.4 Å². The molecule has 130 valence electrons. The third kappa shape index (κ3) is 8.63. The molecular formula is C13H21N3O5S2. The van der Waals surface area contributed by atoms with Crippen molar-refractivity contribution in [2.45, 2.75) is 50.2 Å². The van der Waals surface area contributed by atoms with Crippen molar-refractivity contribution in [1.29, 1.82) is 0 Å². The molecule has 1 N–H and O–H groups in total. The molecule has 10 heteroatoms. The van der Waals surface area contributed by atoms with Crippen LogP contribution in [-0.4, -0.2) is 59.0 Å². The summed E-state index contributed by atoms with van der Waals surface area (Å²) >= 11 is 0.991. The summed E-state index contributed by atoms with van der Waals surface area (Å²) in [4.78, 5) is 38.0. The average Bonchev–Trinajstić information content (AvgIpc) is 2.40. The standard InChI is InChI=1S/C13H21N3O5S2/c1-8(2)22-13(19)11(6-5-10(17)7-15-14)16-12(18)9(3)23(4,20)21/h7-9,11H,5-6H2,1-4H3,(H,16,18)/t9-,11-/m0/s1. The Kier molecular flexibility index (Phi) is 8.96. The summed E-state index contributed by atoms with van der Waals surface area (Å²) in [5.74, 6) is -1.30. The van der Waals surface area contributed by atoms with Gasteiger partial charge in [0, 0.05) is 17.9 Å². The number of ketones is 1. The van der Waals surface area contributed by atoms with Gasteiger partial charge in [0.15, 0.2) is 9.84 Å². The van der Waals surface area contributed by atoms with Crippen LogP contribution in [0.25, 0.3) is 5.53 Å². The SMILES string of the molecule is CC(C)SC(=O)[C@H](CCC(=O)C=[N+]=[N-])NC(=O)[C@H](C)S(C)(=O)=O. The Labute approximate surface area is 139 Å². The molecule has 0 unspecified atom stereocenters. The predicted octanol–water partition coefficient (Wildman–Crippen LogP) is 0.222. The van der Waals surface area contributed by atoms with Crippen LogP contribution in [0.2, 0.25) is 0 Å². The monoisotopic (exact) mass is 363 g/mol. The summed E-state index contributed by atoms with van der Waals surface area (Å²) in [6.45, 7) is 4.82. The van der Waals surface area contributed by atoms with E-state index in [1.807, 2.05) is 0 Å². The number of rotatable bonds is 9. The van der Waals surface area contributed by atoms with E-state index in [2.05, 4.69) is 10.1 Å². The maximum absolute atomic E-state index is 12.1. The van der Waals surface area contributed by atoms with E-state index in [1.54, 1.807) is 13.8 Å². The fourth-order valence-electron chi connectivity index (χ4n) is 1.46. The highest BCUT2D eigenvalue weighted by Crippen LogP contribution is 2.16. The number of carbonyl (C=O) groups is 3. The number of nitrogens with zero attached hydrogens (tertiary/aromatic N) is 2. The van der Waals surface area contributed by atoms with Crippen LogP contribution in [-0.2, 0) is 24.2 Å². The lowest BCUT2D eigenvalue weighted by Gasteiger charge is -2.19. The van der Waals surface area contributed by atoms with Gasteiger partial charge in [-0.15, -0.1) is 0 Å². The van der Waals surface area contributed by atoms with Crippen LogP contribution in [0.4, 0.5) is 0 Å². The molecule has 0 aliphatic rings. The molecule has 8 nitrogen and oxygen atoms in total. The van der Waals surface area contributed by atoms with E-state index in [0.717, 1.165) is 18.0 Å². The van der Waals surface area contributed by atoms with E-state index in [9.17, 15) is 22.8 Å². The first-order valence-electron chi connectivity index (χ1n) is 6.89. The molecule has 1 amide bonds. The van der Waals surface area contributed by atoms with E-state index in [4.69, 9.17) is 5.53 Å². The molecule has 2 atom stereocenters. The third-order valence-corrected chi connectivity index (χ3v) is 5.33. The molecule has 0 spiro atoms. The van der Waals surface area contributed by atoms with E-state index in [0.29, 0.717) is 6.21 Å². The Hall–Kier alpha value is -1.51. The fraction of sp³-hybridized carbons (Fsp3) is 0.692. The number of hydrogen-bond donors (Lipinski definition) is 1. The molecule has 0 aliphatic carbocycles. The van der Waals surface area contributed by atoms with Crippen LogP contribution in [0.5, 0.6) is 0 Å². The van der Waals surface area contributed by atoms with Crippen LogP contribution >= 0.6 is 11.8 Å². The highest BCUT2D eigenvalue weighted by Gasteiger charge is 2.29. The first-order valence-corrected chi connectivity index (χ1v) is 9.72. The maximum atomic E-state index is 12.1. The minimum absolute atomic E-state index is 0.00830. The van der Waals surface area contributed by atoms with Gasteiger partial charge in [0.1, 0.15) is 5.25 Å². The van der Waals surface area contributed by atoms with Crippen molar-refractivity contribution >= 4 is 44.6 Å². The number of hydrogen-bond acceptors (Lipinski definition) is 6. The van der Waals surface area contributed by atoms with Crippen LogP contribution < -0.4 is 5.32 Å². The Morgan fingerprint density at radius 3 is 2.26 bits per heavy atom. The second kappa shape index (κ2) is 9.59. The van der Waals surface area contributed by atoms with Crippen molar-refractivity contribution < 1.29 is 27.6 Å². The van der Waals surface area contributed by atoms with Crippen molar-refractivity contribution in [3.05, 3.63) is 5.53 Å². The van der Waals surface area contributed by atoms with Crippen LogP contribution in [0.1, 0.15) is 33.6 Å². The number of Topliss-reactive ketones (excluding diaryl/α,β-unsaturated/α-hetero) is 1. The van der Waals surface area contributed by atoms with Crippen molar-refractivity contribution in [2.75, 3.05) is 6.26 Å². The number of thioether (sulfide) groups is 1. The molecular weight excluding hydrogens is 342 g/mol. The molecule has 0 bridgehead atoms. The Bertz CT molecular complexity index is 609.